The van der Waals surface area contributed by atoms with Gasteiger partial charge in [-0.2, -0.15) is 10.1 Å². The highest BCUT2D eigenvalue weighted by molar-refractivity contribution is 5.49. The molecule has 0 radical (unpaired) electrons. The molecule has 68 valence electrons. The zero-order chi connectivity index (χ0) is 9.26. The van der Waals surface area contributed by atoms with Crippen molar-refractivity contribution in [1.29, 1.82) is 0 Å². The van der Waals surface area contributed by atoms with Gasteiger partial charge in [0.15, 0.2) is 5.82 Å². The van der Waals surface area contributed by atoms with Crippen molar-refractivity contribution in [2.75, 3.05) is 0 Å². The monoisotopic (exact) mass is 180 g/mol. The fraction of sp³-hybridized carbons (Fsp3) is 0.286. The van der Waals surface area contributed by atoms with E-state index in [1.165, 1.54) is 0 Å². The van der Waals surface area contributed by atoms with E-state index in [1.807, 2.05) is 0 Å². The first-order chi connectivity index (χ1) is 6.29. The van der Waals surface area contributed by atoms with Crippen LogP contribution in [0.3, 0.4) is 0 Å². The lowest BCUT2D eigenvalue weighted by atomic mass is 10.4. The number of hydrogen-bond donors (Lipinski definition) is 1. The van der Waals surface area contributed by atoms with E-state index in [2.05, 4.69) is 15.2 Å². The first-order valence-corrected chi connectivity index (χ1v) is 3.72. The summed E-state index contributed by atoms with van der Waals surface area (Å²) in [6.45, 7) is -0.218. The minimum Gasteiger partial charge on any atom is -0.388 e. The van der Waals surface area contributed by atoms with E-state index in [9.17, 15) is 0 Å². The van der Waals surface area contributed by atoms with Crippen molar-refractivity contribution in [3.63, 3.8) is 0 Å². The molecule has 0 unspecified atom stereocenters. The number of aromatic nitrogens is 4. The average molecular weight is 180 g/mol. The Morgan fingerprint density at radius 3 is 3.00 bits per heavy atom. The highest BCUT2D eigenvalue weighted by Crippen LogP contribution is 2.14. The van der Waals surface area contributed by atoms with E-state index < -0.39 is 0 Å². The summed E-state index contributed by atoms with van der Waals surface area (Å²) < 4.78 is 6.52. The van der Waals surface area contributed by atoms with Crippen LogP contribution in [-0.2, 0) is 13.7 Å². The molecule has 2 aromatic heterocycles. The molecule has 6 heteroatoms. The fourth-order valence-electron chi connectivity index (χ4n) is 0.967. The van der Waals surface area contributed by atoms with Crippen molar-refractivity contribution >= 4 is 0 Å². The van der Waals surface area contributed by atoms with E-state index in [0.29, 0.717) is 5.89 Å². The largest absolute Gasteiger partial charge is 0.388 e. The molecule has 2 aromatic rings. The molecule has 0 aromatic carbocycles. The maximum Gasteiger partial charge on any atom is 0.261 e. The van der Waals surface area contributed by atoms with Gasteiger partial charge in [0.1, 0.15) is 6.61 Å². The predicted molar refractivity (Wildman–Crippen MR) is 42.4 cm³/mol. The van der Waals surface area contributed by atoms with Crippen LogP contribution >= 0.6 is 0 Å². The smallest absolute Gasteiger partial charge is 0.261 e. The molecule has 0 aliphatic carbocycles. The molecular weight excluding hydrogens is 172 g/mol. The number of nitrogens with zero attached hydrogens (tertiary/aromatic N) is 4. The van der Waals surface area contributed by atoms with Gasteiger partial charge in [0, 0.05) is 13.2 Å². The molecule has 0 spiro atoms. The molecule has 13 heavy (non-hydrogen) atoms. The Hall–Kier alpha value is -1.69. The van der Waals surface area contributed by atoms with Crippen molar-refractivity contribution in [3.8, 4) is 11.5 Å². The van der Waals surface area contributed by atoms with Crippen molar-refractivity contribution in [1.82, 2.24) is 19.9 Å². The Bertz CT molecular complexity index is 406. The lowest BCUT2D eigenvalue weighted by Gasteiger charge is -1.83. The molecule has 2 rings (SSSR count). The van der Waals surface area contributed by atoms with E-state index in [4.69, 9.17) is 9.63 Å². The van der Waals surface area contributed by atoms with E-state index >= 15 is 0 Å². The predicted octanol–water partition coefficient (Wildman–Crippen LogP) is -0.0376. The minimum absolute atomic E-state index is 0.218. The molecule has 0 amide bonds. The lowest BCUT2D eigenvalue weighted by Crippen LogP contribution is -1.85. The number of hydrogen-bond acceptors (Lipinski definition) is 5. The molecule has 2 heterocycles. The van der Waals surface area contributed by atoms with Crippen LogP contribution in [0.25, 0.3) is 11.5 Å². The van der Waals surface area contributed by atoms with Crippen LogP contribution in [0.15, 0.2) is 16.9 Å². The Morgan fingerprint density at radius 2 is 2.46 bits per heavy atom. The maximum absolute atomic E-state index is 8.70. The summed E-state index contributed by atoms with van der Waals surface area (Å²) in [7, 11) is 1.80. The zero-order valence-electron chi connectivity index (χ0n) is 7.01. The molecule has 0 aliphatic heterocycles. The van der Waals surface area contributed by atoms with Gasteiger partial charge in [-0.25, -0.2) is 0 Å². The van der Waals surface area contributed by atoms with Crippen LogP contribution in [0.1, 0.15) is 5.82 Å². The molecule has 0 fully saturated rings. The summed E-state index contributed by atoms with van der Waals surface area (Å²) in [5.41, 5.74) is 0.745. The van der Waals surface area contributed by atoms with Gasteiger partial charge in [0.25, 0.3) is 5.89 Å². The van der Waals surface area contributed by atoms with Gasteiger partial charge in [0.05, 0.1) is 11.8 Å². The van der Waals surface area contributed by atoms with Crippen molar-refractivity contribution in [2.45, 2.75) is 6.61 Å². The van der Waals surface area contributed by atoms with Gasteiger partial charge < -0.3 is 9.63 Å². The third-order valence-electron chi connectivity index (χ3n) is 1.56. The van der Waals surface area contributed by atoms with E-state index in [0.717, 1.165) is 5.56 Å². The quantitative estimate of drug-likeness (QED) is 0.701. The number of rotatable bonds is 2. The Balaban J connectivity index is 2.35. The molecule has 0 bridgehead atoms. The normalized spacial score (nSPS) is 10.6. The molecule has 0 saturated heterocycles. The van der Waals surface area contributed by atoms with Gasteiger partial charge in [-0.05, 0) is 0 Å². The molecule has 6 nitrogen and oxygen atoms in total. The molecule has 1 N–H and O–H groups in total. The number of aliphatic hydroxyl groups is 1. The maximum atomic E-state index is 8.70. The Kier molecular flexibility index (Phi) is 1.82. The second-order valence-electron chi connectivity index (χ2n) is 2.58. The van der Waals surface area contributed by atoms with E-state index in [-0.39, 0.29) is 12.4 Å². The highest BCUT2D eigenvalue weighted by Gasteiger charge is 2.08. The van der Waals surface area contributed by atoms with Crippen molar-refractivity contribution in [2.24, 2.45) is 7.05 Å². The van der Waals surface area contributed by atoms with Crippen LogP contribution in [-0.4, -0.2) is 25.0 Å². The Labute approximate surface area is 73.8 Å². The summed E-state index contributed by atoms with van der Waals surface area (Å²) in [5, 5.41) is 16.2. The van der Waals surface area contributed by atoms with Crippen LogP contribution < -0.4 is 0 Å². The molecule has 0 aliphatic rings. The fourth-order valence-corrected chi connectivity index (χ4v) is 0.967. The average Bonchev–Trinajstić information content (AvgIpc) is 2.71. The van der Waals surface area contributed by atoms with E-state index in [1.54, 1.807) is 24.1 Å². The zero-order valence-corrected chi connectivity index (χ0v) is 7.01. The van der Waals surface area contributed by atoms with Gasteiger partial charge >= 0.3 is 0 Å². The van der Waals surface area contributed by atoms with Crippen molar-refractivity contribution in [3.05, 3.63) is 18.2 Å². The first kappa shape index (κ1) is 7.93. The Morgan fingerprint density at radius 1 is 1.62 bits per heavy atom. The van der Waals surface area contributed by atoms with Gasteiger partial charge in [0.2, 0.25) is 0 Å². The van der Waals surface area contributed by atoms with Gasteiger partial charge in [-0.1, -0.05) is 5.16 Å². The highest BCUT2D eigenvalue weighted by atomic mass is 16.5. The summed E-state index contributed by atoms with van der Waals surface area (Å²) in [6.07, 6.45) is 3.38. The second kappa shape index (κ2) is 2.98. The minimum atomic E-state index is -0.218. The first-order valence-electron chi connectivity index (χ1n) is 3.72. The summed E-state index contributed by atoms with van der Waals surface area (Å²) in [5.74, 6) is 0.649. The van der Waals surface area contributed by atoms with Crippen molar-refractivity contribution < 1.29 is 9.63 Å². The third-order valence-corrected chi connectivity index (χ3v) is 1.56. The molecule has 0 saturated carbocycles. The van der Waals surface area contributed by atoms with Crippen LogP contribution in [0.5, 0.6) is 0 Å². The van der Waals surface area contributed by atoms with Gasteiger partial charge in [-0.15, -0.1) is 0 Å². The summed E-state index contributed by atoms with van der Waals surface area (Å²) in [6, 6.07) is 0. The topological polar surface area (TPSA) is 77.0 Å². The van der Waals surface area contributed by atoms with Crippen LogP contribution in [0.2, 0.25) is 0 Å². The third kappa shape index (κ3) is 1.43. The van der Waals surface area contributed by atoms with Crippen LogP contribution in [0, 0.1) is 0 Å². The number of aliphatic hydroxyl groups excluding tert-OH is 1. The summed E-state index contributed by atoms with van der Waals surface area (Å²) in [4.78, 5) is 3.93. The van der Waals surface area contributed by atoms with Crippen LogP contribution in [0.4, 0.5) is 0 Å². The van der Waals surface area contributed by atoms with Gasteiger partial charge in [-0.3, -0.25) is 4.68 Å². The SMILES string of the molecule is Cn1cc(-c2nc(CO)no2)cn1. The lowest BCUT2D eigenvalue weighted by molar-refractivity contribution is 0.264. The molecular formula is C7H8N4O2. The molecule has 0 atom stereocenters. The number of aryl methyl sites for hydroxylation is 1. The standard InChI is InChI=1S/C7H8N4O2/c1-11-3-5(2-8-11)7-9-6(4-12)10-13-7/h2-3,12H,4H2,1H3. The summed E-state index contributed by atoms with van der Waals surface area (Å²) >= 11 is 0. The second-order valence-corrected chi connectivity index (χ2v) is 2.58.